The van der Waals surface area contributed by atoms with E-state index in [9.17, 15) is 4.79 Å². The molecule has 0 fully saturated rings. The number of unbranched alkanes of at least 4 members (excludes halogenated alkanes) is 1. The molecule has 0 saturated carbocycles. The molecule has 0 unspecified atom stereocenters. The summed E-state index contributed by atoms with van der Waals surface area (Å²) in [7, 11) is 0. The molecule has 0 atom stereocenters. The third-order valence-corrected chi connectivity index (χ3v) is 3.76. The van der Waals surface area contributed by atoms with E-state index in [1.807, 2.05) is 12.1 Å². The molecule has 78 valence electrons. The van der Waals surface area contributed by atoms with Gasteiger partial charge < -0.3 is 0 Å². The van der Waals surface area contributed by atoms with Gasteiger partial charge in [-0.25, -0.2) is 0 Å². The molecule has 1 heterocycles. The number of hydrogen-bond acceptors (Lipinski definition) is 2. The minimum atomic E-state index is 0.907. The number of fused-ring (bicyclic) bond motifs is 1. The van der Waals surface area contributed by atoms with Gasteiger partial charge in [0.2, 0.25) is 0 Å². The van der Waals surface area contributed by atoms with E-state index < -0.39 is 0 Å². The van der Waals surface area contributed by atoms with E-state index in [0.717, 1.165) is 24.0 Å². The van der Waals surface area contributed by atoms with Crippen molar-refractivity contribution >= 4 is 27.7 Å². The van der Waals surface area contributed by atoms with Gasteiger partial charge >= 0.3 is 0 Å². The molecule has 0 bridgehead atoms. The molecule has 2 aromatic rings. The molecule has 0 amide bonds. The van der Waals surface area contributed by atoms with E-state index in [0.29, 0.717) is 0 Å². The summed E-state index contributed by atoms with van der Waals surface area (Å²) in [6.45, 7) is 2.18. The van der Waals surface area contributed by atoms with E-state index >= 15 is 0 Å². The fraction of sp³-hybridized carbons (Fsp3) is 0.308. The molecule has 2 heteroatoms. The van der Waals surface area contributed by atoms with Crippen LogP contribution in [0, 0.1) is 0 Å². The topological polar surface area (TPSA) is 17.1 Å². The third kappa shape index (κ3) is 1.95. The molecule has 0 N–H and O–H groups in total. The fourth-order valence-corrected chi connectivity index (χ4v) is 2.89. The third-order valence-electron chi connectivity index (χ3n) is 2.62. The van der Waals surface area contributed by atoms with Gasteiger partial charge in [0.25, 0.3) is 0 Å². The zero-order valence-electron chi connectivity index (χ0n) is 8.82. The van der Waals surface area contributed by atoms with Crippen molar-refractivity contribution in [3.63, 3.8) is 0 Å². The van der Waals surface area contributed by atoms with E-state index in [1.54, 1.807) is 11.3 Å². The lowest BCUT2D eigenvalue weighted by molar-refractivity contribution is 0.112. The van der Waals surface area contributed by atoms with Crippen molar-refractivity contribution in [2.45, 2.75) is 26.2 Å². The Morgan fingerprint density at radius 2 is 2.13 bits per heavy atom. The van der Waals surface area contributed by atoms with Gasteiger partial charge in [0.15, 0.2) is 6.29 Å². The van der Waals surface area contributed by atoms with Crippen molar-refractivity contribution in [3.8, 4) is 0 Å². The molecule has 0 aliphatic carbocycles. The summed E-state index contributed by atoms with van der Waals surface area (Å²) in [6, 6.07) is 8.27. The first kappa shape index (κ1) is 10.4. The molecule has 0 aliphatic heterocycles. The second-order valence-electron chi connectivity index (χ2n) is 3.66. The highest BCUT2D eigenvalue weighted by molar-refractivity contribution is 7.20. The standard InChI is InChI=1S/C13H14OS/c1-2-3-6-11-10-7-4-5-8-12(10)15-13(11)9-14/h4-5,7-9H,2-3,6H2,1H3. The van der Waals surface area contributed by atoms with Crippen molar-refractivity contribution < 1.29 is 4.79 Å². The molecule has 0 saturated heterocycles. The van der Waals surface area contributed by atoms with Gasteiger partial charge in [0.1, 0.15) is 0 Å². The summed E-state index contributed by atoms with van der Waals surface area (Å²) >= 11 is 1.61. The van der Waals surface area contributed by atoms with Gasteiger partial charge in [-0.2, -0.15) is 0 Å². The minimum Gasteiger partial charge on any atom is -0.297 e. The molecule has 0 radical (unpaired) electrons. The zero-order chi connectivity index (χ0) is 10.7. The lowest BCUT2D eigenvalue weighted by atomic mass is 10.1. The van der Waals surface area contributed by atoms with Gasteiger partial charge in [-0.1, -0.05) is 31.5 Å². The quantitative estimate of drug-likeness (QED) is 0.707. The summed E-state index contributed by atoms with van der Waals surface area (Å²) in [5, 5.41) is 1.26. The molecule has 1 aromatic carbocycles. The maximum atomic E-state index is 11.0. The monoisotopic (exact) mass is 218 g/mol. The second-order valence-corrected chi connectivity index (χ2v) is 4.75. The summed E-state index contributed by atoms with van der Waals surface area (Å²) in [5.74, 6) is 0. The highest BCUT2D eigenvalue weighted by atomic mass is 32.1. The Morgan fingerprint density at radius 1 is 1.33 bits per heavy atom. The Balaban J connectivity index is 2.51. The molecule has 1 nitrogen and oxygen atoms in total. The van der Waals surface area contributed by atoms with Gasteiger partial charge in [-0.3, -0.25) is 4.79 Å². The average molecular weight is 218 g/mol. The first-order chi connectivity index (χ1) is 7.36. The number of benzene rings is 1. The van der Waals surface area contributed by atoms with Gasteiger partial charge in [0, 0.05) is 4.70 Å². The number of carbonyl (C=O) groups excluding carboxylic acids is 1. The van der Waals surface area contributed by atoms with E-state index in [2.05, 4.69) is 19.1 Å². The Bertz CT molecular complexity index is 470. The van der Waals surface area contributed by atoms with Crippen molar-refractivity contribution in [2.75, 3.05) is 0 Å². The van der Waals surface area contributed by atoms with Crippen LogP contribution < -0.4 is 0 Å². The molecular weight excluding hydrogens is 204 g/mol. The molecule has 0 aliphatic rings. The van der Waals surface area contributed by atoms with Gasteiger partial charge in [-0.15, -0.1) is 11.3 Å². The van der Waals surface area contributed by atoms with Crippen molar-refractivity contribution in [1.29, 1.82) is 0 Å². The predicted octanol–water partition coefficient (Wildman–Crippen LogP) is 4.06. The largest absolute Gasteiger partial charge is 0.297 e. The molecular formula is C13H14OS. The molecule has 1 aromatic heterocycles. The zero-order valence-corrected chi connectivity index (χ0v) is 9.64. The van der Waals surface area contributed by atoms with Crippen LogP contribution in [-0.4, -0.2) is 6.29 Å². The average Bonchev–Trinajstić information content (AvgIpc) is 2.64. The van der Waals surface area contributed by atoms with Gasteiger partial charge in [-0.05, 0) is 29.9 Å². The van der Waals surface area contributed by atoms with E-state index in [4.69, 9.17) is 0 Å². The lowest BCUT2D eigenvalue weighted by Gasteiger charge is -1.98. The second kappa shape index (κ2) is 4.58. The smallest absolute Gasteiger partial charge is 0.160 e. The number of thiophene rings is 1. The minimum absolute atomic E-state index is 0.907. The highest BCUT2D eigenvalue weighted by Gasteiger charge is 2.09. The van der Waals surface area contributed by atoms with Crippen molar-refractivity contribution in [3.05, 3.63) is 34.7 Å². The van der Waals surface area contributed by atoms with Gasteiger partial charge in [0.05, 0.1) is 4.88 Å². The molecule has 2 rings (SSSR count). The summed E-state index contributed by atoms with van der Waals surface area (Å²) in [5.41, 5.74) is 1.24. The summed E-state index contributed by atoms with van der Waals surface area (Å²) in [6.07, 6.45) is 4.34. The fourth-order valence-electron chi connectivity index (χ4n) is 1.82. The number of hydrogen-bond donors (Lipinski definition) is 0. The van der Waals surface area contributed by atoms with Crippen LogP contribution in [0.4, 0.5) is 0 Å². The van der Waals surface area contributed by atoms with Crippen LogP contribution in [0.5, 0.6) is 0 Å². The van der Waals surface area contributed by atoms with Crippen LogP contribution in [-0.2, 0) is 6.42 Å². The predicted molar refractivity (Wildman–Crippen MR) is 65.8 cm³/mol. The lowest BCUT2D eigenvalue weighted by Crippen LogP contribution is -1.87. The van der Waals surface area contributed by atoms with Crippen LogP contribution in [0.1, 0.15) is 35.0 Å². The van der Waals surface area contributed by atoms with Crippen LogP contribution in [0.2, 0.25) is 0 Å². The number of aryl methyl sites for hydroxylation is 1. The van der Waals surface area contributed by atoms with E-state index in [-0.39, 0.29) is 0 Å². The number of aldehydes is 1. The van der Waals surface area contributed by atoms with Crippen LogP contribution >= 0.6 is 11.3 Å². The maximum Gasteiger partial charge on any atom is 0.160 e. The van der Waals surface area contributed by atoms with Crippen LogP contribution in [0.3, 0.4) is 0 Å². The Morgan fingerprint density at radius 3 is 2.87 bits per heavy atom. The summed E-state index contributed by atoms with van der Waals surface area (Å²) in [4.78, 5) is 11.9. The molecule has 0 spiro atoms. The summed E-state index contributed by atoms with van der Waals surface area (Å²) < 4.78 is 1.23. The first-order valence-corrected chi connectivity index (χ1v) is 6.14. The Kier molecular flexibility index (Phi) is 3.17. The number of rotatable bonds is 4. The first-order valence-electron chi connectivity index (χ1n) is 5.32. The highest BCUT2D eigenvalue weighted by Crippen LogP contribution is 2.31. The normalized spacial score (nSPS) is 10.7. The van der Waals surface area contributed by atoms with Crippen molar-refractivity contribution in [2.24, 2.45) is 0 Å². The maximum absolute atomic E-state index is 11.0. The SMILES string of the molecule is CCCCc1c(C=O)sc2ccccc12. The Labute approximate surface area is 93.7 Å². The van der Waals surface area contributed by atoms with E-state index in [1.165, 1.54) is 22.1 Å². The molecule has 15 heavy (non-hydrogen) atoms. The number of carbonyl (C=O) groups is 1. The van der Waals surface area contributed by atoms with Crippen LogP contribution in [0.15, 0.2) is 24.3 Å². The Hall–Kier alpha value is -1.15. The van der Waals surface area contributed by atoms with Crippen molar-refractivity contribution in [1.82, 2.24) is 0 Å². The van der Waals surface area contributed by atoms with Crippen LogP contribution in [0.25, 0.3) is 10.1 Å².